The van der Waals surface area contributed by atoms with Crippen LogP contribution in [0.15, 0.2) is 46.4 Å². The van der Waals surface area contributed by atoms with Crippen LogP contribution >= 0.6 is 11.8 Å². The number of thioether (sulfide) groups is 1. The number of hydrazone groups is 1. The van der Waals surface area contributed by atoms with Gasteiger partial charge in [0, 0.05) is 35.3 Å². The highest BCUT2D eigenvalue weighted by atomic mass is 32.2. The van der Waals surface area contributed by atoms with Crippen molar-refractivity contribution in [2.75, 3.05) is 17.7 Å². The maximum absolute atomic E-state index is 12.1. The molecule has 3 rings (SSSR count). The van der Waals surface area contributed by atoms with Crippen molar-refractivity contribution in [1.82, 2.24) is 5.43 Å². The van der Waals surface area contributed by atoms with Crippen molar-refractivity contribution in [3.8, 4) is 0 Å². The number of fused-ring (bicyclic) bond motifs is 1. The number of hydrogen-bond donors (Lipinski definition) is 1. The number of amides is 1. The summed E-state index contributed by atoms with van der Waals surface area (Å²) in [5, 5.41) is 14.8. The fourth-order valence-corrected chi connectivity index (χ4v) is 4.58. The second kappa shape index (κ2) is 9.09. The number of non-ortho nitro benzene ring substituents is 1. The predicted octanol–water partition coefficient (Wildman–Crippen LogP) is 4.87. The number of carbonyl (C=O) groups excluding carboxylic acids is 1. The number of anilines is 1. The van der Waals surface area contributed by atoms with Crippen molar-refractivity contribution in [3.05, 3.63) is 63.2 Å². The first-order chi connectivity index (χ1) is 14.6. The van der Waals surface area contributed by atoms with Crippen LogP contribution in [0.5, 0.6) is 0 Å². The number of benzene rings is 2. The van der Waals surface area contributed by atoms with Gasteiger partial charge < -0.3 is 4.90 Å². The van der Waals surface area contributed by atoms with Gasteiger partial charge in [0.25, 0.3) is 5.69 Å². The minimum atomic E-state index is -0.446. The zero-order chi connectivity index (χ0) is 22.8. The quantitative estimate of drug-likeness (QED) is 0.300. The molecule has 1 aliphatic heterocycles. The van der Waals surface area contributed by atoms with Crippen molar-refractivity contribution in [2.24, 2.45) is 5.10 Å². The van der Waals surface area contributed by atoms with Gasteiger partial charge in [0.1, 0.15) is 0 Å². The third kappa shape index (κ3) is 5.25. The highest BCUT2D eigenvalue weighted by Gasteiger charge is 2.34. The molecule has 164 valence electrons. The molecule has 0 bridgehead atoms. The van der Waals surface area contributed by atoms with Gasteiger partial charge in [0.05, 0.1) is 16.9 Å². The highest BCUT2D eigenvalue weighted by Crippen LogP contribution is 2.43. The van der Waals surface area contributed by atoms with Gasteiger partial charge in [-0.2, -0.15) is 5.10 Å². The molecule has 1 aliphatic rings. The summed E-state index contributed by atoms with van der Waals surface area (Å²) in [6.45, 7) is 8.83. The first-order valence-electron chi connectivity index (χ1n) is 10.2. The number of nitrogens with one attached hydrogen (secondary N) is 1. The summed E-state index contributed by atoms with van der Waals surface area (Å²) in [6.07, 6.45) is 2.77. The highest BCUT2D eigenvalue weighted by molar-refractivity contribution is 8.00. The van der Waals surface area contributed by atoms with E-state index in [0.717, 1.165) is 22.4 Å². The fraction of sp³-hybridized carbons (Fsp3) is 0.391. The van der Waals surface area contributed by atoms with Gasteiger partial charge in [-0.3, -0.25) is 14.9 Å². The predicted molar refractivity (Wildman–Crippen MR) is 126 cm³/mol. The second-order valence-electron chi connectivity index (χ2n) is 8.58. The number of nitrogens with zero attached hydrogens (tertiary/aromatic N) is 3. The number of nitro groups is 1. The van der Waals surface area contributed by atoms with Gasteiger partial charge in [-0.1, -0.05) is 6.92 Å². The van der Waals surface area contributed by atoms with E-state index in [1.165, 1.54) is 35.1 Å². The van der Waals surface area contributed by atoms with Crippen molar-refractivity contribution < 1.29 is 9.72 Å². The van der Waals surface area contributed by atoms with Gasteiger partial charge >= 0.3 is 0 Å². The molecular formula is C23H28N4O3S. The molecule has 0 spiro atoms. The molecule has 1 atom stereocenters. The van der Waals surface area contributed by atoms with Gasteiger partial charge in [-0.25, -0.2) is 5.43 Å². The van der Waals surface area contributed by atoms with Crippen molar-refractivity contribution in [3.63, 3.8) is 0 Å². The van der Waals surface area contributed by atoms with Crippen LogP contribution in [-0.4, -0.2) is 35.4 Å². The monoisotopic (exact) mass is 440 g/mol. The molecule has 0 saturated carbocycles. The molecule has 0 unspecified atom stereocenters. The van der Waals surface area contributed by atoms with E-state index < -0.39 is 4.92 Å². The summed E-state index contributed by atoms with van der Waals surface area (Å²) >= 11 is 1.30. The molecule has 0 aromatic heterocycles. The van der Waals surface area contributed by atoms with Gasteiger partial charge in [0.15, 0.2) is 0 Å². The van der Waals surface area contributed by atoms with Crippen LogP contribution in [-0.2, 0) is 4.79 Å². The van der Waals surface area contributed by atoms with Crippen molar-refractivity contribution in [2.45, 2.75) is 50.5 Å². The molecule has 2 aromatic carbocycles. The molecule has 2 aromatic rings. The van der Waals surface area contributed by atoms with Crippen LogP contribution in [0.3, 0.4) is 0 Å². The largest absolute Gasteiger partial charge is 0.369 e. The summed E-state index contributed by atoms with van der Waals surface area (Å²) in [4.78, 5) is 25.5. The Morgan fingerprint density at radius 3 is 2.68 bits per heavy atom. The molecule has 1 N–H and O–H groups in total. The Morgan fingerprint density at radius 1 is 1.35 bits per heavy atom. The Morgan fingerprint density at radius 2 is 2.03 bits per heavy atom. The molecule has 1 amide bonds. The molecule has 0 saturated heterocycles. The minimum absolute atomic E-state index is 0.0305. The number of carbonyl (C=O) groups is 1. The summed E-state index contributed by atoms with van der Waals surface area (Å²) in [7, 11) is 2.14. The van der Waals surface area contributed by atoms with E-state index in [-0.39, 0.29) is 22.9 Å². The van der Waals surface area contributed by atoms with Crippen LogP contribution in [0.1, 0.15) is 49.8 Å². The number of hydrogen-bond acceptors (Lipinski definition) is 6. The number of aryl methyl sites for hydroxylation is 1. The summed E-state index contributed by atoms with van der Waals surface area (Å²) in [5.74, 6) is 0.390. The Bertz CT molecular complexity index is 1020. The maximum Gasteiger partial charge on any atom is 0.269 e. The van der Waals surface area contributed by atoms with Crippen LogP contribution < -0.4 is 10.3 Å². The molecule has 0 radical (unpaired) electrons. The standard InChI is InChI=1S/C23H28N4O3S/c1-15-10-21-20(16(2)12-23(3,4)26(21)5)11-17(15)13-24-25-22(28)14-31-19-8-6-18(7-9-19)27(29)30/h6-11,13,16H,12,14H2,1-5H3,(H,25,28)/b24-13-/t16-/m0/s1. The van der Waals surface area contributed by atoms with E-state index in [4.69, 9.17) is 0 Å². The fourth-order valence-electron chi connectivity index (χ4n) is 3.89. The molecule has 31 heavy (non-hydrogen) atoms. The topological polar surface area (TPSA) is 87.8 Å². The first-order valence-corrected chi connectivity index (χ1v) is 11.1. The summed E-state index contributed by atoms with van der Waals surface area (Å²) in [5.41, 5.74) is 7.35. The minimum Gasteiger partial charge on any atom is -0.369 e. The normalized spacial score (nSPS) is 17.5. The van der Waals surface area contributed by atoms with E-state index in [0.29, 0.717) is 5.92 Å². The van der Waals surface area contributed by atoms with Crippen LogP contribution in [0, 0.1) is 17.0 Å². The summed E-state index contributed by atoms with van der Waals surface area (Å²) in [6, 6.07) is 10.5. The lowest BCUT2D eigenvalue weighted by atomic mass is 9.79. The molecule has 0 fully saturated rings. The smallest absolute Gasteiger partial charge is 0.269 e. The first kappa shape index (κ1) is 22.8. The lowest BCUT2D eigenvalue weighted by Crippen LogP contribution is -2.45. The second-order valence-corrected chi connectivity index (χ2v) is 9.63. The van der Waals surface area contributed by atoms with Gasteiger partial charge in [0.2, 0.25) is 5.91 Å². The molecule has 8 heteroatoms. The lowest BCUT2D eigenvalue weighted by molar-refractivity contribution is -0.384. The van der Waals surface area contributed by atoms with Crippen molar-refractivity contribution >= 4 is 35.3 Å². The van der Waals surface area contributed by atoms with Crippen molar-refractivity contribution in [1.29, 1.82) is 0 Å². The SMILES string of the molecule is Cc1cc2c(cc1/C=N\NC(=O)CSc1ccc([N+](=O)[O-])cc1)[C@@H](C)CC(C)(C)N2C. The van der Waals surface area contributed by atoms with Crippen LogP contribution in [0.4, 0.5) is 11.4 Å². The summed E-state index contributed by atoms with van der Waals surface area (Å²) < 4.78 is 0. The molecule has 0 aliphatic carbocycles. The zero-order valence-corrected chi connectivity index (χ0v) is 19.3. The molecule has 1 heterocycles. The number of nitro benzene ring substituents is 1. The van der Waals surface area contributed by atoms with E-state index in [2.05, 4.69) is 55.4 Å². The van der Waals surface area contributed by atoms with Gasteiger partial charge in [-0.15, -0.1) is 11.8 Å². The van der Waals surface area contributed by atoms with E-state index in [9.17, 15) is 14.9 Å². The maximum atomic E-state index is 12.1. The third-order valence-corrected chi connectivity index (χ3v) is 6.84. The Labute approximate surface area is 187 Å². The average molecular weight is 441 g/mol. The lowest BCUT2D eigenvalue weighted by Gasteiger charge is -2.45. The zero-order valence-electron chi connectivity index (χ0n) is 18.5. The molecular weight excluding hydrogens is 412 g/mol. The van der Waals surface area contributed by atoms with Crippen LogP contribution in [0.2, 0.25) is 0 Å². The van der Waals surface area contributed by atoms with E-state index in [1.807, 2.05) is 6.92 Å². The Balaban J connectivity index is 1.61. The van der Waals surface area contributed by atoms with E-state index >= 15 is 0 Å². The Hall–Kier alpha value is -2.87. The average Bonchev–Trinajstić information content (AvgIpc) is 2.71. The third-order valence-electron chi connectivity index (χ3n) is 5.83. The van der Waals surface area contributed by atoms with E-state index in [1.54, 1.807) is 18.3 Å². The molecule has 7 nitrogen and oxygen atoms in total. The number of rotatable bonds is 6. The Kier molecular flexibility index (Phi) is 6.69. The van der Waals surface area contributed by atoms with Gasteiger partial charge in [-0.05, 0) is 74.1 Å². The van der Waals surface area contributed by atoms with Crippen LogP contribution in [0.25, 0.3) is 0 Å².